The Morgan fingerprint density at radius 2 is 1.57 bits per heavy atom. The Balaban J connectivity index is 1.43. The van der Waals surface area contributed by atoms with Crippen LogP contribution in [0.4, 0.5) is 0 Å². The van der Waals surface area contributed by atoms with Crippen molar-refractivity contribution >= 4 is 26.7 Å². The van der Waals surface area contributed by atoms with Gasteiger partial charge in [0, 0.05) is 26.2 Å². The molecule has 1 aliphatic rings. The third kappa shape index (κ3) is 3.98. The van der Waals surface area contributed by atoms with Crippen LogP contribution >= 0.6 is 0 Å². The number of aryl methyl sites for hydroxylation is 2. The molecule has 0 atom stereocenters. The first kappa shape index (κ1) is 20.6. The molecule has 0 bridgehead atoms. The molecule has 1 saturated heterocycles. The van der Waals surface area contributed by atoms with Gasteiger partial charge in [0.2, 0.25) is 15.9 Å². The molecule has 0 saturated carbocycles. The highest BCUT2D eigenvalue weighted by atomic mass is 32.2. The first-order valence-electron chi connectivity index (χ1n) is 10.2. The number of hydrogen-bond acceptors (Lipinski definition) is 3. The van der Waals surface area contributed by atoms with Gasteiger partial charge < -0.3 is 4.90 Å². The van der Waals surface area contributed by atoms with E-state index in [1.807, 2.05) is 62.4 Å². The number of amides is 1. The normalized spacial score (nSPS) is 15.5. The Hall–Kier alpha value is -2.70. The van der Waals surface area contributed by atoms with E-state index in [9.17, 15) is 13.2 Å². The molecule has 0 aromatic heterocycles. The van der Waals surface area contributed by atoms with Crippen molar-refractivity contribution in [3.05, 3.63) is 77.4 Å². The SMILES string of the molecule is Cc1ccc(S(=O)(=O)N2CCN(C(=O)Cc3cccc4ccccc34)CC2)cc1C. The average molecular weight is 423 g/mol. The summed E-state index contributed by atoms with van der Waals surface area (Å²) in [5.41, 5.74) is 3.03. The largest absolute Gasteiger partial charge is 0.340 e. The van der Waals surface area contributed by atoms with Crippen molar-refractivity contribution in [3.8, 4) is 0 Å². The van der Waals surface area contributed by atoms with Crippen molar-refractivity contribution in [2.24, 2.45) is 0 Å². The summed E-state index contributed by atoms with van der Waals surface area (Å²) in [6, 6.07) is 19.3. The van der Waals surface area contributed by atoms with Crippen LogP contribution in [0.3, 0.4) is 0 Å². The quantitative estimate of drug-likeness (QED) is 0.646. The summed E-state index contributed by atoms with van der Waals surface area (Å²) >= 11 is 0. The van der Waals surface area contributed by atoms with Gasteiger partial charge in [-0.05, 0) is 53.4 Å². The van der Waals surface area contributed by atoms with Crippen LogP contribution in [-0.2, 0) is 21.2 Å². The molecule has 0 unspecified atom stereocenters. The zero-order chi connectivity index (χ0) is 21.3. The summed E-state index contributed by atoms with van der Waals surface area (Å²) in [7, 11) is -3.54. The average Bonchev–Trinajstić information content (AvgIpc) is 2.76. The Morgan fingerprint density at radius 3 is 2.30 bits per heavy atom. The molecule has 3 aromatic carbocycles. The minimum absolute atomic E-state index is 0.0366. The number of nitrogens with zero attached hydrogens (tertiary/aromatic N) is 2. The number of piperazine rings is 1. The maximum absolute atomic E-state index is 13.0. The summed E-state index contributed by atoms with van der Waals surface area (Å²) in [6.07, 6.45) is 0.325. The van der Waals surface area contributed by atoms with E-state index < -0.39 is 10.0 Å². The fraction of sp³-hybridized carbons (Fsp3) is 0.292. The fourth-order valence-corrected chi connectivity index (χ4v) is 5.43. The summed E-state index contributed by atoms with van der Waals surface area (Å²) < 4.78 is 27.5. The summed E-state index contributed by atoms with van der Waals surface area (Å²) in [5.74, 6) is 0.0366. The molecule has 6 heteroatoms. The van der Waals surface area contributed by atoms with E-state index in [-0.39, 0.29) is 5.91 Å². The summed E-state index contributed by atoms with van der Waals surface area (Å²) in [5, 5.41) is 2.21. The lowest BCUT2D eigenvalue weighted by Crippen LogP contribution is -2.50. The number of benzene rings is 3. The van der Waals surface area contributed by atoms with Gasteiger partial charge in [-0.3, -0.25) is 4.79 Å². The molecule has 0 spiro atoms. The number of sulfonamides is 1. The Kier molecular flexibility index (Phi) is 5.62. The topological polar surface area (TPSA) is 57.7 Å². The van der Waals surface area contributed by atoms with Crippen molar-refractivity contribution in [1.82, 2.24) is 9.21 Å². The third-order valence-electron chi connectivity index (χ3n) is 5.93. The molecule has 0 N–H and O–H groups in total. The molecular weight excluding hydrogens is 396 g/mol. The zero-order valence-electron chi connectivity index (χ0n) is 17.3. The van der Waals surface area contributed by atoms with Gasteiger partial charge in [0.15, 0.2) is 0 Å². The van der Waals surface area contributed by atoms with Crippen LogP contribution in [0.15, 0.2) is 65.6 Å². The van der Waals surface area contributed by atoms with Crippen molar-refractivity contribution < 1.29 is 13.2 Å². The van der Waals surface area contributed by atoms with E-state index >= 15 is 0 Å². The van der Waals surface area contributed by atoms with Crippen molar-refractivity contribution in [3.63, 3.8) is 0 Å². The van der Waals surface area contributed by atoms with Crippen molar-refractivity contribution in [1.29, 1.82) is 0 Å². The lowest BCUT2D eigenvalue weighted by molar-refractivity contribution is -0.131. The van der Waals surface area contributed by atoms with E-state index in [1.54, 1.807) is 17.0 Å². The lowest BCUT2D eigenvalue weighted by atomic mass is 10.0. The van der Waals surface area contributed by atoms with E-state index in [0.717, 1.165) is 27.5 Å². The van der Waals surface area contributed by atoms with Gasteiger partial charge in [0.25, 0.3) is 0 Å². The Morgan fingerprint density at radius 1 is 0.867 bits per heavy atom. The Bertz CT molecular complexity index is 1190. The minimum atomic E-state index is -3.54. The van der Waals surface area contributed by atoms with Gasteiger partial charge in [0.05, 0.1) is 11.3 Å². The van der Waals surface area contributed by atoms with Crippen LogP contribution in [0.2, 0.25) is 0 Å². The highest BCUT2D eigenvalue weighted by molar-refractivity contribution is 7.89. The molecule has 4 rings (SSSR count). The second kappa shape index (κ2) is 8.20. The predicted octanol–water partition coefficient (Wildman–Crippen LogP) is 3.53. The maximum Gasteiger partial charge on any atom is 0.243 e. The molecule has 5 nitrogen and oxygen atoms in total. The van der Waals surface area contributed by atoms with Crippen LogP contribution in [-0.4, -0.2) is 49.7 Å². The zero-order valence-corrected chi connectivity index (χ0v) is 18.2. The van der Waals surface area contributed by atoms with Crippen LogP contribution in [0, 0.1) is 13.8 Å². The van der Waals surface area contributed by atoms with Gasteiger partial charge >= 0.3 is 0 Å². The van der Waals surface area contributed by atoms with Crippen LogP contribution < -0.4 is 0 Å². The maximum atomic E-state index is 13.0. The van der Waals surface area contributed by atoms with Gasteiger partial charge in [-0.2, -0.15) is 4.31 Å². The van der Waals surface area contributed by atoms with Crippen molar-refractivity contribution in [2.75, 3.05) is 26.2 Å². The molecular formula is C24H26N2O3S. The molecule has 1 heterocycles. The minimum Gasteiger partial charge on any atom is -0.340 e. The molecule has 1 fully saturated rings. The van der Waals surface area contributed by atoms with E-state index in [2.05, 4.69) is 0 Å². The van der Waals surface area contributed by atoms with Gasteiger partial charge in [-0.1, -0.05) is 48.5 Å². The summed E-state index contributed by atoms with van der Waals surface area (Å²) in [4.78, 5) is 15.0. The summed E-state index contributed by atoms with van der Waals surface area (Å²) in [6.45, 7) is 5.33. The monoisotopic (exact) mass is 422 g/mol. The fourth-order valence-electron chi connectivity index (χ4n) is 3.92. The predicted molar refractivity (Wildman–Crippen MR) is 119 cm³/mol. The molecule has 156 valence electrons. The molecule has 0 radical (unpaired) electrons. The van der Waals surface area contributed by atoms with Crippen LogP contribution in [0.25, 0.3) is 10.8 Å². The number of fused-ring (bicyclic) bond motifs is 1. The standard InChI is InChI=1S/C24H26N2O3S/c1-18-10-11-22(16-19(18)2)30(28,29)26-14-12-25(13-15-26)24(27)17-21-8-5-7-20-6-3-4-9-23(20)21/h3-11,16H,12-15,17H2,1-2H3. The molecule has 1 amide bonds. The van der Waals surface area contributed by atoms with E-state index in [1.165, 1.54) is 4.31 Å². The highest BCUT2D eigenvalue weighted by Crippen LogP contribution is 2.22. The van der Waals surface area contributed by atoms with Crippen LogP contribution in [0.5, 0.6) is 0 Å². The smallest absolute Gasteiger partial charge is 0.243 e. The molecule has 30 heavy (non-hydrogen) atoms. The van der Waals surface area contributed by atoms with E-state index in [4.69, 9.17) is 0 Å². The first-order chi connectivity index (χ1) is 14.4. The number of carbonyl (C=O) groups is 1. The number of carbonyl (C=O) groups excluding carboxylic acids is 1. The van der Waals surface area contributed by atoms with Gasteiger partial charge in [-0.15, -0.1) is 0 Å². The van der Waals surface area contributed by atoms with Crippen molar-refractivity contribution in [2.45, 2.75) is 25.2 Å². The third-order valence-corrected chi connectivity index (χ3v) is 7.82. The highest BCUT2D eigenvalue weighted by Gasteiger charge is 2.30. The number of hydrogen-bond donors (Lipinski definition) is 0. The second-order valence-electron chi connectivity index (χ2n) is 7.85. The van der Waals surface area contributed by atoms with E-state index in [0.29, 0.717) is 37.5 Å². The Labute approximate surface area is 178 Å². The van der Waals surface area contributed by atoms with Gasteiger partial charge in [0.1, 0.15) is 0 Å². The van der Waals surface area contributed by atoms with Crippen LogP contribution in [0.1, 0.15) is 16.7 Å². The number of rotatable bonds is 4. The second-order valence-corrected chi connectivity index (χ2v) is 9.78. The molecule has 1 aliphatic heterocycles. The first-order valence-corrected chi connectivity index (χ1v) is 11.6. The molecule has 0 aliphatic carbocycles. The molecule has 3 aromatic rings. The lowest BCUT2D eigenvalue weighted by Gasteiger charge is -2.34. The van der Waals surface area contributed by atoms with Gasteiger partial charge in [-0.25, -0.2) is 8.42 Å².